The van der Waals surface area contributed by atoms with Crippen LogP contribution in [0.5, 0.6) is 0 Å². The smallest absolute Gasteiger partial charge is 0.223 e. The molecule has 1 aromatic carbocycles. The molecule has 35 heavy (non-hydrogen) atoms. The fourth-order valence-corrected chi connectivity index (χ4v) is 5.32. The molecule has 1 aromatic heterocycles. The molecule has 0 unspecified atom stereocenters. The fourth-order valence-electron chi connectivity index (χ4n) is 5.32. The van der Waals surface area contributed by atoms with Gasteiger partial charge >= 0.3 is 0 Å². The van der Waals surface area contributed by atoms with Gasteiger partial charge in [0.05, 0.1) is 0 Å². The normalized spacial score (nSPS) is 19.0. The molecule has 8 nitrogen and oxygen atoms in total. The summed E-state index contributed by atoms with van der Waals surface area (Å²) >= 11 is 0. The van der Waals surface area contributed by atoms with Gasteiger partial charge in [0, 0.05) is 89.9 Å². The summed E-state index contributed by atoms with van der Waals surface area (Å²) in [5, 5.41) is 4.22. The number of aromatic nitrogens is 2. The summed E-state index contributed by atoms with van der Waals surface area (Å²) in [5.41, 5.74) is 3.00. The number of nitrogens with zero attached hydrogens (tertiary/aromatic N) is 5. The predicted octanol–water partition coefficient (Wildman–Crippen LogP) is 3.01. The average molecular weight is 482 g/mol. The van der Waals surface area contributed by atoms with E-state index >= 15 is 0 Å². The fraction of sp³-hybridized carbons (Fsp3) is 0.593. The topological polar surface area (TPSA) is 70.9 Å². The molecule has 2 aliphatic rings. The molecule has 0 bridgehead atoms. The van der Waals surface area contributed by atoms with Gasteiger partial charge in [-0.05, 0) is 49.8 Å². The van der Waals surface area contributed by atoms with E-state index in [1.54, 1.807) is 13.1 Å². The number of aryl methyl sites for hydroxylation is 2. The Morgan fingerprint density at radius 2 is 1.77 bits per heavy atom. The maximum atomic E-state index is 13.4. The molecule has 2 aromatic rings. The summed E-state index contributed by atoms with van der Waals surface area (Å²) in [4.78, 5) is 32.5. The van der Waals surface area contributed by atoms with Crippen LogP contribution in [0.4, 0.5) is 5.69 Å². The lowest BCUT2D eigenvalue weighted by atomic mass is 10.1. The summed E-state index contributed by atoms with van der Waals surface area (Å²) in [6.07, 6.45) is 6.85. The van der Waals surface area contributed by atoms with Crippen LogP contribution in [0.2, 0.25) is 0 Å². The maximum absolute atomic E-state index is 13.4. The largest absolute Gasteiger partial charge is 0.381 e. The van der Waals surface area contributed by atoms with Crippen LogP contribution in [-0.4, -0.2) is 76.8 Å². The molecule has 4 rings (SSSR count). The first-order valence-electron chi connectivity index (χ1n) is 13.0. The second-order valence-corrected chi connectivity index (χ2v) is 9.65. The molecule has 0 radical (unpaired) electrons. The van der Waals surface area contributed by atoms with Crippen LogP contribution in [0.15, 0.2) is 36.5 Å². The van der Waals surface area contributed by atoms with Crippen LogP contribution in [0.25, 0.3) is 0 Å². The summed E-state index contributed by atoms with van der Waals surface area (Å²) in [7, 11) is 1.91. The highest BCUT2D eigenvalue weighted by molar-refractivity contribution is 5.92. The quantitative estimate of drug-likeness (QED) is 0.672. The van der Waals surface area contributed by atoms with Crippen LogP contribution in [0.1, 0.15) is 50.3 Å². The predicted molar refractivity (Wildman–Crippen MR) is 136 cm³/mol. The second-order valence-electron chi connectivity index (χ2n) is 9.65. The van der Waals surface area contributed by atoms with Gasteiger partial charge in [0.25, 0.3) is 0 Å². The van der Waals surface area contributed by atoms with Crippen molar-refractivity contribution in [2.24, 2.45) is 7.05 Å². The van der Waals surface area contributed by atoms with Crippen LogP contribution in [0, 0.1) is 0 Å². The van der Waals surface area contributed by atoms with Crippen LogP contribution >= 0.6 is 0 Å². The number of rotatable bonds is 4. The number of anilines is 1. The van der Waals surface area contributed by atoms with Crippen molar-refractivity contribution in [3.63, 3.8) is 0 Å². The van der Waals surface area contributed by atoms with Crippen molar-refractivity contribution in [1.29, 1.82) is 0 Å². The Hall–Kier alpha value is -2.71. The third kappa shape index (κ3) is 6.70. The molecule has 2 aliphatic heterocycles. The molecule has 1 fully saturated rings. The molecule has 190 valence electrons. The van der Waals surface area contributed by atoms with Crippen molar-refractivity contribution < 1.29 is 14.3 Å². The molecule has 0 N–H and O–H groups in total. The molecule has 0 saturated carbocycles. The van der Waals surface area contributed by atoms with E-state index in [2.05, 4.69) is 10.00 Å². The highest BCUT2D eigenvalue weighted by atomic mass is 16.5. The van der Waals surface area contributed by atoms with E-state index in [9.17, 15) is 9.59 Å². The van der Waals surface area contributed by atoms with Gasteiger partial charge in [0.15, 0.2) is 0 Å². The van der Waals surface area contributed by atoms with Crippen molar-refractivity contribution in [3.8, 4) is 0 Å². The Kier molecular flexibility index (Phi) is 8.93. The van der Waals surface area contributed by atoms with E-state index in [4.69, 9.17) is 4.74 Å². The summed E-state index contributed by atoms with van der Waals surface area (Å²) < 4.78 is 7.42. The standard InChI is InChI=1S/C27H39N5O3/c1-22(33)32-18-6-16-30(25-12-19-35-20-13-25)15-5-17-31(21-23-7-3-4-8-26(23)32)27(34)10-9-24-11-14-28-29(24)2/h3-4,7-8,11,14,25H,5-6,9-10,12-13,15-21H2,1-2H3. The van der Waals surface area contributed by atoms with Gasteiger partial charge in [-0.1, -0.05) is 18.2 Å². The summed E-state index contributed by atoms with van der Waals surface area (Å²) in [6, 6.07) is 10.5. The monoisotopic (exact) mass is 481 g/mol. The number of para-hydroxylation sites is 1. The Balaban J connectivity index is 1.55. The molecule has 3 heterocycles. The Bertz CT molecular complexity index is 985. The van der Waals surface area contributed by atoms with Gasteiger partial charge in [-0.3, -0.25) is 14.3 Å². The highest BCUT2D eigenvalue weighted by Gasteiger charge is 2.25. The number of ether oxygens (including phenoxy) is 1. The molecular weight excluding hydrogens is 442 g/mol. The van der Waals surface area contributed by atoms with Crippen molar-refractivity contribution in [3.05, 3.63) is 47.8 Å². The van der Waals surface area contributed by atoms with E-state index in [1.165, 1.54) is 0 Å². The number of carbonyl (C=O) groups excluding carboxylic acids is 2. The number of hydrogen-bond donors (Lipinski definition) is 0. The minimum atomic E-state index is 0.0428. The average Bonchev–Trinajstić information content (AvgIpc) is 3.27. The van der Waals surface area contributed by atoms with Crippen LogP contribution in [0.3, 0.4) is 0 Å². The number of fused-ring (bicyclic) bond motifs is 1. The maximum Gasteiger partial charge on any atom is 0.223 e. The minimum Gasteiger partial charge on any atom is -0.381 e. The van der Waals surface area contributed by atoms with Crippen molar-refractivity contribution >= 4 is 17.5 Å². The van der Waals surface area contributed by atoms with Gasteiger partial charge in [-0.25, -0.2) is 0 Å². The third-order valence-electron chi connectivity index (χ3n) is 7.30. The first-order valence-corrected chi connectivity index (χ1v) is 13.0. The minimum absolute atomic E-state index is 0.0428. The molecule has 0 atom stereocenters. The lowest BCUT2D eigenvalue weighted by molar-refractivity contribution is -0.132. The lowest BCUT2D eigenvalue weighted by Crippen LogP contribution is -2.43. The molecule has 1 saturated heterocycles. The number of amides is 2. The first kappa shape index (κ1) is 25.4. The van der Waals surface area contributed by atoms with Crippen LogP contribution in [-0.2, 0) is 34.3 Å². The first-order chi connectivity index (χ1) is 17.0. The molecule has 0 aliphatic carbocycles. The van der Waals surface area contributed by atoms with E-state index in [0.29, 0.717) is 38.5 Å². The second kappa shape index (κ2) is 12.3. The van der Waals surface area contributed by atoms with Gasteiger partial charge < -0.3 is 19.4 Å². The van der Waals surface area contributed by atoms with Gasteiger partial charge in [-0.2, -0.15) is 5.10 Å². The Morgan fingerprint density at radius 1 is 1.03 bits per heavy atom. The number of benzene rings is 1. The Labute approximate surface area is 208 Å². The molecular formula is C27H39N5O3. The van der Waals surface area contributed by atoms with Crippen molar-refractivity contribution in [1.82, 2.24) is 19.6 Å². The number of hydrogen-bond acceptors (Lipinski definition) is 5. The van der Waals surface area contributed by atoms with Crippen molar-refractivity contribution in [2.45, 2.75) is 58.0 Å². The van der Waals surface area contributed by atoms with E-state index in [0.717, 1.165) is 68.9 Å². The van der Waals surface area contributed by atoms with Crippen molar-refractivity contribution in [2.75, 3.05) is 44.3 Å². The van der Waals surface area contributed by atoms with Gasteiger partial charge in [-0.15, -0.1) is 0 Å². The zero-order chi connectivity index (χ0) is 24.6. The van der Waals surface area contributed by atoms with Gasteiger partial charge in [0.2, 0.25) is 11.8 Å². The molecule has 8 heteroatoms. The zero-order valence-electron chi connectivity index (χ0n) is 21.2. The third-order valence-corrected chi connectivity index (χ3v) is 7.30. The highest BCUT2D eigenvalue weighted by Crippen LogP contribution is 2.25. The van der Waals surface area contributed by atoms with Crippen LogP contribution < -0.4 is 4.90 Å². The SMILES string of the molecule is CC(=O)N1CCCN(C2CCOCC2)CCCN(C(=O)CCc2ccnn2C)Cc2ccccc21. The molecule has 2 amide bonds. The Morgan fingerprint density at radius 3 is 2.49 bits per heavy atom. The van der Waals surface area contributed by atoms with E-state index < -0.39 is 0 Å². The van der Waals surface area contributed by atoms with E-state index in [-0.39, 0.29) is 11.8 Å². The zero-order valence-corrected chi connectivity index (χ0v) is 21.2. The lowest BCUT2D eigenvalue weighted by Gasteiger charge is -2.36. The number of carbonyl (C=O) groups is 2. The van der Waals surface area contributed by atoms with Gasteiger partial charge in [0.1, 0.15) is 0 Å². The summed E-state index contributed by atoms with van der Waals surface area (Å²) in [5.74, 6) is 0.186. The summed E-state index contributed by atoms with van der Waals surface area (Å²) in [6.45, 7) is 7.07. The van der Waals surface area contributed by atoms with E-state index in [1.807, 2.05) is 51.9 Å². The molecule has 0 spiro atoms.